The summed E-state index contributed by atoms with van der Waals surface area (Å²) in [5.74, 6) is 0.161. The lowest BCUT2D eigenvalue weighted by molar-refractivity contribution is -0.130. The summed E-state index contributed by atoms with van der Waals surface area (Å²) in [6, 6.07) is 4.01. The third-order valence-corrected chi connectivity index (χ3v) is 4.88. The first kappa shape index (κ1) is 17.4. The molecule has 0 aliphatic carbocycles. The van der Waals surface area contributed by atoms with Crippen molar-refractivity contribution in [1.82, 2.24) is 29.9 Å². The van der Waals surface area contributed by atoms with Crippen molar-refractivity contribution in [2.75, 3.05) is 13.1 Å². The molecule has 3 aromatic rings. The summed E-state index contributed by atoms with van der Waals surface area (Å²) in [6.07, 6.45) is 9.65. The van der Waals surface area contributed by atoms with E-state index in [4.69, 9.17) is 5.11 Å². The van der Waals surface area contributed by atoms with E-state index < -0.39 is 0 Å². The number of carbonyl (C=O) groups is 1. The second-order valence-corrected chi connectivity index (χ2v) is 6.66. The first-order valence-electron chi connectivity index (χ1n) is 9.14. The van der Waals surface area contributed by atoms with Gasteiger partial charge in [-0.05, 0) is 30.5 Å². The van der Waals surface area contributed by atoms with Crippen molar-refractivity contribution >= 4 is 22.5 Å². The highest BCUT2D eigenvalue weighted by Crippen LogP contribution is 2.28. The molecule has 140 valence electrons. The second kappa shape index (κ2) is 7.71. The molecule has 1 aliphatic heterocycles. The molecule has 4 rings (SSSR count). The number of rotatable bonds is 6. The van der Waals surface area contributed by atoms with Crippen LogP contribution in [0.15, 0.2) is 36.8 Å². The van der Waals surface area contributed by atoms with E-state index in [0.29, 0.717) is 31.6 Å². The molecule has 0 unspecified atom stereocenters. The largest absolute Gasteiger partial charge is 0.390 e. The zero-order chi connectivity index (χ0) is 18.6. The van der Waals surface area contributed by atoms with E-state index in [2.05, 4.69) is 32.4 Å². The second-order valence-electron chi connectivity index (χ2n) is 6.66. The van der Waals surface area contributed by atoms with Gasteiger partial charge in [0.25, 0.3) is 0 Å². The summed E-state index contributed by atoms with van der Waals surface area (Å²) >= 11 is 0. The Morgan fingerprint density at radius 3 is 3.07 bits per heavy atom. The third-order valence-electron chi connectivity index (χ3n) is 4.88. The minimum atomic E-state index is -0.117. The lowest BCUT2D eigenvalue weighted by Gasteiger charge is -2.26. The summed E-state index contributed by atoms with van der Waals surface area (Å²) in [5, 5.41) is 17.9. The first-order chi connectivity index (χ1) is 13.2. The van der Waals surface area contributed by atoms with Crippen molar-refractivity contribution in [3.63, 3.8) is 0 Å². The topological polar surface area (TPSA) is 99.9 Å². The van der Waals surface area contributed by atoms with Crippen molar-refractivity contribution in [1.29, 1.82) is 0 Å². The van der Waals surface area contributed by atoms with E-state index in [-0.39, 0.29) is 12.5 Å². The maximum absolute atomic E-state index is 12.5. The van der Waals surface area contributed by atoms with Crippen LogP contribution in [0, 0.1) is 0 Å². The molecule has 8 nitrogen and oxygen atoms in total. The zero-order valence-corrected chi connectivity index (χ0v) is 15.0. The highest BCUT2D eigenvalue weighted by molar-refractivity contribution is 5.91. The van der Waals surface area contributed by atoms with E-state index in [9.17, 15) is 4.79 Å². The summed E-state index contributed by atoms with van der Waals surface area (Å²) in [5.41, 5.74) is 3.88. The van der Waals surface area contributed by atoms with Crippen LogP contribution in [0.2, 0.25) is 0 Å². The Balaban J connectivity index is 1.32. The Hall–Kier alpha value is -3.00. The van der Waals surface area contributed by atoms with Crippen molar-refractivity contribution in [3.05, 3.63) is 48.1 Å². The summed E-state index contributed by atoms with van der Waals surface area (Å²) in [4.78, 5) is 21.9. The van der Waals surface area contributed by atoms with Crippen LogP contribution in [0.25, 0.3) is 16.6 Å². The highest BCUT2D eigenvalue weighted by atomic mass is 16.3. The number of aromatic nitrogens is 5. The SMILES string of the molecule is O=C(CCCn1cc(CO)nn1)N1CC=C(c2c[nH]c3ncccc23)CC1. The number of nitrogens with zero attached hydrogens (tertiary/aromatic N) is 5. The van der Waals surface area contributed by atoms with Crippen molar-refractivity contribution in [2.24, 2.45) is 0 Å². The molecule has 4 heterocycles. The molecule has 0 fully saturated rings. The fourth-order valence-corrected chi connectivity index (χ4v) is 3.43. The molecule has 0 saturated heterocycles. The summed E-state index contributed by atoms with van der Waals surface area (Å²) in [7, 11) is 0. The number of H-pyrrole nitrogens is 1. The number of nitrogens with one attached hydrogen (secondary N) is 1. The van der Waals surface area contributed by atoms with Gasteiger partial charge in [0.15, 0.2) is 0 Å². The van der Waals surface area contributed by atoms with Crippen LogP contribution < -0.4 is 0 Å². The van der Waals surface area contributed by atoms with Gasteiger partial charge in [0.2, 0.25) is 5.91 Å². The van der Waals surface area contributed by atoms with Gasteiger partial charge in [-0.2, -0.15) is 0 Å². The highest BCUT2D eigenvalue weighted by Gasteiger charge is 2.19. The number of aryl methyl sites for hydroxylation is 1. The van der Waals surface area contributed by atoms with Gasteiger partial charge < -0.3 is 15.0 Å². The molecule has 0 saturated carbocycles. The number of fused-ring (bicyclic) bond motifs is 1. The number of hydrogen-bond acceptors (Lipinski definition) is 5. The molecule has 8 heteroatoms. The third kappa shape index (κ3) is 3.75. The molecule has 2 N–H and O–H groups in total. The van der Waals surface area contributed by atoms with E-state index in [1.807, 2.05) is 17.2 Å². The van der Waals surface area contributed by atoms with Crippen molar-refractivity contribution < 1.29 is 9.90 Å². The van der Waals surface area contributed by atoms with Gasteiger partial charge in [-0.1, -0.05) is 11.3 Å². The fourth-order valence-electron chi connectivity index (χ4n) is 3.43. The molecule has 0 atom stereocenters. The van der Waals surface area contributed by atoms with Gasteiger partial charge in [-0.15, -0.1) is 5.10 Å². The summed E-state index contributed by atoms with van der Waals surface area (Å²) in [6.45, 7) is 1.87. The van der Waals surface area contributed by atoms with Crippen LogP contribution in [0.5, 0.6) is 0 Å². The lowest BCUT2D eigenvalue weighted by atomic mass is 9.99. The lowest BCUT2D eigenvalue weighted by Crippen LogP contribution is -2.34. The number of aromatic amines is 1. The summed E-state index contributed by atoms with van der Waals surface area (Å²) < 4.78 is 1.66. The fraction of sp³-hybridized carbons (Fsp3) is 0.368. The molecule has 0 spiro atoms. The maximum Gasteiger partial charge on any atom is 0.222 e. The van der Waals surface area contributed by atoms with Crippen LogP contribution >= 0.6 is 0 Å². The van der Waals surface area contributed by atoms with Gasteiger partial charge in [-0.25, -0.2) is 4.98 Å². The van der Waals surface area contributed by atoms with Crippen molar-refractivity contribution in [3.8, 4) is 0 Å². The first-order valence-corrected chi connectivity index (χ1v) is 9.14. The number of amides is 1. The smallest absolute Gasteiger partial charge is 0.222 e. The Bertz CT molecular complexity index is 973. The van der Waals surface area contributed by atoms with Crippen molar-refractivity contribution in [2.45, 2.75) is 32.4 Å². The predicted molar refractivity (Wildman–Crippen MR) is 100 cm³/mol. The number of pyridine rings is 1. The number of aliphatic hydroxyl groups excluding tert-OH is 1. The van der Waals surface area contributed by atoms with Gasteiger partial charge in [0.05, 0.1) is 12.8 Å². The minimum absolute atomic E-state index is 0.117. The van der Waals surface area contributed by atoms with E-state index in [1.165, 1.54) is 11.1 Å². The molecule has 3 aromatic heterocycles. The van der Waals surface area contributed by atoms with Crippen LogP contribution in [-0.4, -0.2) is 54.0 Å². The zero-order valence-electron chi connectivity index (χ0n) is 15.0. The predicted octanol–water partition coefficient (Wildman–Crippen LogP) is 1.74. The number of hydrogen-bond donors (Lipinski definition) is 2. The minimum Gasteiger partial charge on any atom is -0.390 e. The Kier molecular flexibility index (Phi) is 4.97. The molecular formula is C19H22N6O2. The molecule has 1 aliphatic rings. The van der Waals surface area contributed by atoms with Crippen LogP contribution in [0.1, 0.15) is 30.5 Å². The molecular weight excluding hydrogens is 344 g/mol. The Morgan fingerprint density at radius 2 is 2.30 bits per heavy atom. The van der Waals surface area contributed by atoms with E-state index in [1.54, 1.807) is 17.1 Å². The average molecular weight is 366 g/mol. The number of carbonyl (C=O) groups excluding carboxylic acids is 1. The van der Waals surface area contributed by atoms with E-state index in [0.717, 1.165) is 24.0 Å². The van der Waals surface area contributed by atoms with Crippen LogP contribution in [-0.2, 0) is 17.9 Å². The molecule has 0 aromatic carbocycles. The quantitative estimate of drug-likeness (QED) is 0.692. The van der Waals surface area contributed by atoms with Gasteiger partial charge in [0.1, 0.15) is 11.3 Å². The molecule has 0 radical (unpaired) electrons. The van der Waals surface area contributed by atoms with Gasteiger partial charge in [-0.3, -0.25) is 9.48 Å². The van der Waals surface area contributed by atoms with Crippen LogP contribution in [0.3, 0.4) is 0 Å². The standard InChI is InChI=1S/C19H22N6O2/c26-13-15-12-25(23-22-15)8-2-4-18(27)24-9-5-14(6-10-24)17-11-21-19-16(17)3-1-7-20-19/h1,3,5,7,11-12,26H,2,4,6,8-10,13H2,(H,20,21). The molecule has 1 amide bonds. The maximum atomic E-state index is 12.5. The molecule has 27 heavy (non-hydrogen) atoms. The monoisotopic (exact) mass is 366 g/mol. The molecule has 0 bridgehead atoms. The van der Waals surface area contributed by atoms with Gasteiger partial charge >= 0.3 is 0 Å². The average Bonchev–Trinajstić information content (AvgIpc) is 3.35. The normalized spacial score (nSPS) is 14.6. The van der Waals surface area contributed by atoms with E-state index >= 15 is 0 Å². The Labute approximate surface area is 156 Å². The van der Waals surface area contributed by atoms with Crippen LogP contribution in [0.4, 0.5) is 0 Å². The Morgan fingerprint density at radius 1 is 1.37 bits per heavy atom. The van der Waals surface area contributed by atoms with Gasteiger partial charge in [0, 0.05) is 49.4 Å². The number of aliphatic hydroxyl groups is 1.